The van der Waals surface area contributed by atoms with Gasteiger partial charge in [0.15, 0.2) is 6.10 Å². The molecule has 19 heavy (non-hydrogen) atoms. The van der Waals surface area contributed by atoms with Gasteiger partial charge in [0.05, 0.1) is 19.8 Å². The molecule has 6 nitrogen and oxygen atoms in total. The van der Waals surface area contributed by atoms with E-state index in [0.717, 1.165) is 0 Å². The van der Waals surface area contributed by atoms with E-state index in [2.05, 4.69) is 10.1 Å². The average Bonchev–Trinajstić information content (AvgIpc) is 2.35. The molecule has 0 radical (unpaired) electrons. The van der Waals surface area contributed by atoms with Crippen molar-refractivity contribution in [2.24, 2.45) is 0 Å². The summed E-state index contributed by atoms with van der Waals surface area (Å²) in [6.45, 7) is 9.09. The number of morpholine rings is 1. The fourth-order valence-electron chi connectivity index (χ4n) is 1.93. The summed E-state index contributed by atoms with van der Waals surface area (Å²) in [6.07, 6.45) is -0.608. The molecule has 1 N–H and O–H groups in total. The fourth-order valence-corrected chi connectivity index (χ4v) is 1.93. The Kier molecular flexibility index (Phi) is 5.31. The SMILES string of the molecule is COC(=O)C1CN(C(C)C(=O)NC(C)(C)C)CCO1. The maximum Gasteiger partial charge on any atom is 0.336 e. The molecule has 1 aliphatic rings. The second kappa shape index (κ2) is 6.34. The summed E-state index contributed by atoms with van der Waals surface area (Å²) in [5, 5.41) is 2.94. The van der Waals surface area contributed by atoms with Crippen LogP contribution in [-0.4, -0.2) is 61.3 Å². The van der Waals surface area contributed by atoms with Crippen LogP contribution in [0.2, 0.25) is 0 Å². The lowest BCUT2D eigenvalue weighted by Gasteiger charge is -2.36. The highest BCUT2D eigenvalue weighted by Crippen LogP contribution is 2.11. The zero-order valence-corrected chi connectivity index (χ0v) is 12.4. The van der Waals surface area contributed by atoms with Gasteiger partial charge < -0.3 is 14.8 Å². The number of hydrogen-bond donors (Lipinski definition) is 1. The van der Waals surface area contributed by atoms with Crippen molar-refractivity contribution < 1.29 is 19.1 Å². The second-order valence-electron chi connectivity index (χ2n) is 5.79. The van der Waals surface area contributed by atoms with Crippen molar-refractivity contribution >= 4 is 11.9 Å². The molecule has 0 aromatic heterocycles. The lowest BCUT2D eigenvalue weighted by molar-refractivity contribution is -0.161. The van der Waals surface area contributed by atoms with Crippen molar-refractivity contribution in [2.75, 3.05) is 26.8 Å². The average molecular weight is 272 g/mol. The van der Waals surface area contributed by atoms with Crippen LogP contribution in [0.25, 0.3) is 0 Å². The Balaban J connectivity index is 2.59. The summed E-state index contributed by atoms with van der Waals surface area (Å²) in [5.74, 6) is -0.439. The highest BCUT2D eigenvalue weighted by Gasteiger charge is 2.32. The van der Waals surface area contributed by atoms with E-state index in [-0.39, 0.29) is 17.5 Å². The summed E-state index contributed by atoms with van der Waals surface area (Å²) in [7, 11) is 1.33. The maximum atomic E-state index is 12.1. The van der Waals surface area contributed by atoms with Crippen molar-refractivity contribution in [3.8, 4) is 0 Å². The van der Waals surface area contributed by atoms with Crippen molar-refractivity contribution in [1.29, 1.82) is 0 Å². The van der Waals surface area contributed by atoms with E-state index in [1.54, 1.807) is 0 Å². The Bertz CT molecular complexity index is 338. The van der Waals surface area contributed by atoms with Gasteiger partial charge in [-0.2, -0.15) is 0 Å². The maximum absolute atomic E-state index is 12.1. The Morgan fingerprint density at radius 3 is 2.58 bits per heavy atom. The summed E-state index contributed by atoms with van der Waals surface area (Å²) in [5.41, 5.74) is -0.265. The van der Waals surface area contributed by atoms with Gasteiger partial charge >= 0.3 is 5.97 Å². The van der Waals surface area contributed by atoms with Crippen LogP contribution >= 0.6 is 0 Å². The van der Waals surface area contributed by atoms with Crippen LogP contribution < -0.4 is 5.32 Å². The molecule has 2 atom stereocenters. The third-order valence-electron chi connectivity index (χ3n) is 2.99. The van der Waals surface area contributed by atoms with Gasteiger partial charge in [-0.1, -0.05) is 0 Å². The Morgan fingerprint density at radius 2 is 2.05 bits per heavy atom. The molecule has 6 heteroatoms. The zero-order chi connectivity index (χ0) is 14.6. The number of amides is 1. The van der Waals surface area contributed by atoms with E-state index in [9.17, 15) is 9.59 Å². The lowest BCUT2D eigenvalue weighted by Crippen LogP contribution is -2.56. The van der Waals surface area contributed by atoms with Gasteiger partial charge in [-0.05, 0) is 27.7 Å². The number of hydrogen-bond acceptors (Lipinski definition) is 5. The smallest absolute Gasteiger partial charge is 0.336 e. The first-order chi connectivity index (χ1) is 8.74. The molecule has 2 unspecified atom stereocenters. The molecule has 1 heterocycles. The molecule has 1 fully saturated rings. The normalized spacial score (nSPS) is 22.7. The first kappa shape index (κ1) is 15.9. The van der Waals surface area contributed by atoms with E-state index in [1.807, 2.05) is 32.6 Å². The molecule has 0 aromatic rings. The second-order valence-corrected chi connectivity index (χ2v) is 5.79. The minimum atomic E-state index is -0.608. The van der Waals surface area contributed by atoms with E-state index >= 15 is 0 Å². The topological polar surface area (TPSA) is 67.9 Å². The van der Waals surface area contributed by atoms with Crippen LogP contribution in [0.1, 0.15) is 27.7 Å². The minimum absolute atomic E-state index is 0.0435. The quantitative estimate of drug-likeness (QED) is 0.741. The number of methoxy groups -OCH3 is 1. The van der Waals surface area contributed by atoms with Gasteiger partial charge in [-0.25, -0.2) is 4.79 Å². The molecule has 1 saturated heterocycles. The monoisotopic (exact) mass is 272 g/mol. The van der Waals surface area contributed by atoms with E-state index in [1.165, 1.54) is 7.11 Å². The predicted molar refractivity (Wildman–Crippen MR) is 70.7 cm³/mol. The molecule has 1 amide bonds. The van der Waals surface area contributed by atoms with Gasteiger partial charge in [0.2, 0.25) is 5.91 Å². The molecule has 1 rings (SSSR count). The molecule has 0 saturated carbocycles. The van der Waals surface area contributed by atoms with E-state index in [0.29, 0.717) is 19.7 Å². The number of nitrogens with one attached hydrogen (secondary N) is 1. The molecule has 1 aliphatic heterocycles. The van der Waals surface area contributed by atoms with Crippen LogP contribution in [-0.2, 0) is 19.1 Å². The van der Waals surface area contributed by atoms with Crippen LogP contribution in [0.3, 0.4) is 0 Å². The highest BCUT2D eigenvalue weighted by atomic mass is 16.6. The van der Waals surface area contributed by atoms with Crippen molar-refractivity contribution in [1.82, 2.24) is 10.2 Å². The van der Waals surface area contributed by atoms with E-state index in [4.69, 9.17) is 4.74 Å². The van der Waals surface area contributed by atoms with Gasteiger partial charge in [-0.15, -0.1) is 0 Å². The Hall–Kier alpha value is -1.14. The summed E-state index contributed by atoms with van der Waals surface area (Å²) in [4.78, 5) is 25.5. The Labute approximate surface area is 114 Å². The first-order valence-electron chi connectivity index (χ1n) is 6.50. The van der Waals surface area contributed by atoms with Gasteiger partial charge in [0.1, 0.15) is 0 Å². The molecule has 0 spiro atoms. The van der Waals surface area contributed by atoms with Crippen molar-refractivity contribution in [2.45, 2.75) is 45.4 Å². The number of carbonyl (C=O) groups excluding carboxylic acids is 2. The number of esters is 1. The third kappa shape index (κ3) is 4.80. The Morgan fingerprint density at radius 1 is 1.42 bits per heavy atom. The number of ether oxygens (including phenoxy) is 2. The van der Waals surface area contributed by atoms with Crippen LogP contribution in [0.4, 0.5) is 0 Å². The molecule has 0 aromatic carbocycles. The summed E-state index contributed by atoms with van der Waals surface area (Å²) >= 11 is 0. The number of nitrogens with zero attached hydrogens (tertiary/aromatic N) is 1. The largest absolute Gasteiger partial charge is 0.467 e. The highest BCUT2D eigenvalue weighted by molar-refractivity contribution is 5.82. The third-order valence-corrected chi connectivity index (χ3v) is 2.99. The predicted octanol–water partition coefficient (Wildman–Crippen LogP) is 0.163. The van der Waals surface area contributed by atoms with Gasteiger partial charge in [0, 0.05) is 18.6 Å². The number of carbonyl (C=O) groups is 2. The van der Waals surface area contributed by atoms with Crippen molar-refractivity contribution in [3.63, 3.8) is 0 Å². The lowest BCUT2D eigenvalue weighted by atomic mass is 10.1. The molecular formula is C13H24N2O4. The van der Waals surface area contributed by atoms with E-state index < -0.39 is 12.1 Å². The molecule has 0 aliphatic carbocycles. The standard InChI is InChI=1S/C13H24N2O4/c1-9(11(16)14-13(2,3)4)15-6-7-19-10(8-15)12(17)18-5/h9-10H,6-8H2,1-5H3,(H,14,16). The molecule has 0 bridgehead atoms. The fraction of sp³-hybridized carbons (Fsp3) is 0.846. The van der Waals surface area contributed by atoms with Crippen LogP contribution in [0, 0.1) is 0 Å². The van der Waals surface area contributed by atoms with Crippen LogP contribution in [0.5, 0.6) is 0 Å². The molecule has 110 valence electrons. The summed E-state index contributed by atoms with van der Waals surface area (Å²) < 4.78 is 10.0. The first-order valence-corrected chi connectivity index (χ1v) is 6.50. The summed E-state index contributed by atoms with van der Waals surface area (Å²) in [6, 6.07) is -0.296. The molecular weight excluding hydrogens is 248 g/mol. The van der Waals surface area contributed by atoms with Crippen LogP contribution in [0.15, 0.2) is 0 Å². The van der Waals surface area contributed by atoms with Crippen molar-refractivity contribution in [3.05, 3.63) is 0 Å². The minimum Gasteiger partial charge on any atom is -0.467 e. The van der Waals surface area contributed by atoms with Gasteiger partial charge in [-0.3, -0.25) is 9.69 Å². The zero-order valence-electron chi connectivity index (χ0n) is 12.4. The number of rotatable bonds is 3. The van der Waals surface area contributed by atoms with Gasteiger partial charge in [0.25, 0.3) is 0 Å².